The van der Waals surface area contributed by atoms with Gasteiger partial charge >= 0.3 is 0 Å². The molecule has 160 valence electrons. The number of hydrogen-bond donors (Lipinski definition) is 2. The predicted molar refractivity (Wildman–Crippen MR) is 117 cm³/mol. The van der Waals surface area contributed by atoms with Crippen molar-refractivity contribution in [2.45, 2.75) is 63.7 Å². The van der Waals surface area contributed by atoms with E-state index in [1.165, 1.54) is 24.8 Å². The first-order chi connectivity index (χ1) is 14.1. The molecule has 2 N–H and O–H groups in total. The van der Waals surface area contributed by atoms with Gasteiger partial charge in [-0.1, -0.05) is 56.5 Å². The van der Waals surface area contributed by atoms with Crippen LogP contribution < -0.4 is 10.6 Å². The number of nitrogens with zero attached hydrogens (tertiary/aromatic N) is 1. The SMILES string of the molecule is CCCCCCNC(=O)C1CCCN(CC(=O)NCC2(c3ccccc3)CC2)C1. The van der Waals surface area contributed by atoms with E-state index in [-0.39, 0.29) is 23.1 Å². The lowest BCUT2D eigenvalue weighted by atomic mass is 9.96. The Morgan fingerprint density at radius 3 is 2.62 bits per heavy atom. The molecule has 1 aromatic rings. The molecule has 1 aliphatic heterocycles. The normalized spacial score (nSPS) is 20.8. The van der Waals surface area contributed by atoms with Gasteiger partial charge in [0.1, 0.15) is 0 Å². The smallest absolute Gasteiger partial charge is 0.234 e. The summed E-state index contributed by atoms with van der Waals surface area (Å²) >= 11 is 0. The summed E-state index contributed by atoms with van der Waals surface area (Å²) in [7, 11) is 0. The zero-order valence-electron chi connectivity index (χ0n) is 17.9. The van der Waals surface area contributed by atoms with Crippen LogP contribution in [0.4, 0.5) is 0 Å². The molecule has 0 aromatic heterocycles. The lowest BCUT2D eigenvalue weighted by Gasteiger charge is -2.31. The number of carbonyl (C=O) groups excluding carboxylic acids is 2. The van der Waals surface area contributed by atoms with Gasteiger partial charge in [0.05, 0.1) is 12.5 Å². The van der Waals surface area contributed by atoms with E-state index in [9.17, 15) is 9.59 Å². The van der Waals surface area contributed by atoms with Crippen LogP contribution in [0, 0.1) is 5.92 Å². The molecular formula is C24H37N3O2. The van der Waals surface area contributed by atoms with Crippen LogP contribution >= 0.6 is 0 Å². The Morgan fingerprint density at radius 1 is 1.10 bits per heavy atom. The van der Waals surface area contributed by atoms with Crippen molar-refractivity contribution in [3.05, 3.63) is 35.9 Å². The van der Waals surface area contributed by atoms with E-state index in [2.05, 4.69) is 46.7 Å². The topological polar surface area (TPSA) is 61.4 Å². The number of nitrogens with one attached hydrogen (secondary N) is 2. The van der Waals surface area contributed by atoms with Crippen molar-refractivity contribution in [3.63, 3.8) is 0 Å². The van der Waals surface area contributed by atoms with Crippen LogP contribution in [-0.4, -0.2) is 49.4 Å². The van der Waals surface area contributed by atoms with E-state index < -0.39 is 0 Å². The van der Waals surface area contributed by atoms with Gasteiger partial charge in [-0.2, -0.15) is 0 Å². The van der Waals surface area contributed by atoms with E-state index in [0.29, 0.717) is 19.6 Å². The number of carbonyl (C=O) groups is 2. The maximum atomic E-state index is 12.5. The standard InChI is InChI=1S/C24H37N3O2/c1-2-3-4-8-15-25-23(29)20-10-9-16-27(17-20)18-22(28)26-19-24(13-14-24)21-11-6-5-7-12-21/h5-7,11-12,20H,2-4,8-10,13-19H2,1H3,(H,25,29)(H,26,28). The molecule has 1 saturated carbocycles. The zero-order chi connectivity index (χ0) is 20.5. The second-order valence-corrected chi connectivity index (χ2v) is 8.85. The summed E-state index contributed by atoms with van der Waals surface area (Å²) in [6.07, 6.45) is 8.86. The molecule has 5 nitrogen and oxygen atoms in total. The Balaban J connectivity index is 1.37. The Bertz CT molecular complexity index is 657. The first kappa shape index (κ1) is 21.8. The van der Waals surface area contributed by atoms with Crippen molar-refractivity contribution in [2.75, 3.05) is 32.7 Å². The minimum Gasteiger partial charge on any atom is -0.356 e. The summed E-state index contributed by atoms with van der Waals surface area (Å²) in [6.45, 7) is 5.67. The highest BCUT2D eigenvalue weighted by Gasteiger charge is 2.44. The van der Waals surface area contributed by atoms with Gasteiger partial charge in [0, 0.05) is 25.0 Å². The molecule has 1 saturated heterocycles. The second-order valence-electron chi connectivity index (χ2n) is 8.85. The van der Waals surface area contributed by atoms with Crippen LogP contribution in [-0.2, 0) is 15.0 Å². The molecule has 1 aromatic carbocycles. The summed E-state index contributed by atoms with van der Waals surface area (Å²) in [5, 5.41) is 6.24. The van der Waals surface area contributed by atoms with E-state index in [1.807, 2.05) is 6.07 Å². The number of benzene rings is 1. The van der Waals surface area contributed by atoms with Gasteiger partial charge in [-0.3, -0.25) is 14.5 Å². The molecule has 3 rings (SSSR count). The molecule has 1 atom stereocenters. The van der Waals surface area contributed by atoms with Gasteiger partial charge in [0.15, 0.2) is 0 Å². The molecule has 2 amide bonds. The summed E-state index contributed by atoms with van der Waals surface area (Å²) in [6, 6.07) is 10.5. The number of hydrogen-bond acceptors (Lipinski definition) is 3. The van der Waals surface area contributed by atoms with Gasteiger partial charge in [0.25, 0.3) is 0 Å². The molecule has 1 unspecified atom stereocenters. The highest BCUT2D eigenvalue weighted by atomic mass is 16.2. The van der Waals surface area contributed by atoms with Crippen LogP contribution in [0.1, 0.15) is 63.9 Å². The van der Waals surface area contributed by atoms with E-state index >= 15 is 0 Å². The number of rotatable bonds is 11. The van der Waals surface area contributed by atoms with Crippen molar-refractivity contribution >= 4 is 11.8 Å². The lowest BCUT2D eigenvalue weighted by molar-refractivity contribution is -0.129. The fourth-order valence-electron chi connectivity index (χ4n) is 4.36. The molecular weight excluding hydrogens is 362 g/mol. The monoisotopic (exact) mass is 399 g/mol. The summed E-state index contributed by atoms with van der Waals surface area (Å²) < 4.78 is 0. The second kappa shape index (κ2) is 10.8. The van der Waals surface area contributed by atoms with Crippen LogP contribution in [0.5, 0.6) is 0 Å². The van der Waals surface area contributed by atoms with Gasteiger partial charge in [-0.15, -0.1) is 0 Å². The fourth-order valence-corrected chi connectivity index (χ4v) is 4.36. The minimum absolute atomic E-state index is 0.0156. The molecule has 0 spiro atoms. The maximum Gasteiger partial charge on any atom is 0.234 e. The number of likely N-dealkylation sites (tertiary alicyclic amines) is 1. The Labute approximate surface area is 175 Å². The maximum absolute atomic E-state index is 12.5. The lowest BCUT2D eigenvalue weighted by Crippen LogP contribution is -2.47. The van der Waals surface area contributed by atoms with Gasteiger partial charge in [0.2, 0.25) is 11.8 Å². The number of unbranched alkanes of at least 4 members (excludes halogenated alkanes) is 3. The van der Waals surface area contributed by atoms with Crippen LogP contribution in [0.25, 0.3) is 0 Å². The molecule has 1 aliphatic carbocycles. The third-order valence-corrected chi connectivity index (χ3v) is 6.44. The Hall–Kier alpha value is -1.88. The first-order valence-corrected chi connectivity index (χ1v) is 11.5. The van der Waals surface area contributed by atoms with Crippen LogP contribution in [0.15, 0.2) is 30.3 Å². The van der Waals surface area contributed by atoms with E-state index in [4.69, 9.17) is 0 Å². The van der Waals surface area contributed by atoms with Crippen molar-refractivity contribution in [2.24, 2.45) is 5.92 Å². The molecule has 5 heteroatoms. The minimum atomic E-state index is 0.0156. The van der Waals surface area contributed by atoms with Crippen LogP contribution in [0.3, 0.4) is 0 Å². The van der Waals surface area contributed by atoms with Gasteiger partial charge in [-0.05, 0) is 44.2 Å². The average molecular weight is 400 g/mol. The zero-order valence-corrected chi connectivity index (χ0v) is 17.9. The fraction of sp³-hybridized carbons (Fsp3) is 0.667. The van der Waals surface area contributed by atoms with Crippen LogP contribution in [0.2, 0.25) is 0 Å². The van der Waals surface area contributed by atoms with Crippen molar-refractivity contribution in [1.29, 1.82) is 0 Å². The predicted octanol–water partition coefficient (Wildman–Crippen LogP) is 3.24. The summed E-state index contributed by atoms with van der Waals surface area (Å²) in [5.74, 6) is 0.252. The molecule has 2 fully saturated rings. The summed E-state index contributed by atoms with van der Waals surface area (Å²) in [5.41, 5.74) is 1.47. The van der Waals surface area contributed by atoms with Crippen molar-refractivity contribution in [3.8, 4) is 0 Å². The van der Waals surface area contributed by atoms with Gasteiger partial charge < -0.3 is 10.6 Å². The summed E-state index contributed by atoms with van der Waals surface area (Å²) in [4.78, 5) is 27.1. The van der Waals surface area contributed by atoms with E-state index in [0.717, 1.165) is 45.2 Å². The highest BCUT2D eigenvalue weighted by molar-refractivity contribution is 5.80. The van der Waals surface area contributed by atoms with Gasteiger partial charge in [-0.25, -0.2) is 0 Å². The quantitative estimate of drug-likeness (QED) is 0.562. The third kappa shape index (κ3) is 6.56. The Morgan fingerprint density at radius 2 is 1.90 bits per heavy atom. The molecule has 0 bridgehead atoms. The molecule has 2 aliphatic rings. The number of piperidine rings is 1. The molecule has 1 heterocycles. The Kier molecular flexibility index (Phi) is 8.10. The van der Waals surface area contributed by atoms with Crippen molar-refractivity contribution in [1.82, 2.24) is 15.5 Å². The molecule has 29 heavy (non-hydrogen) atoms. The highest BCUT2D eigenvalue weighted by Crippen LogP contribution is 2.47. The largest absolute Gasteiger partial charge is 0.356 e. The first-order valence-electron chi connectivity index (χ1n) is 11.5. The molecule has 0 radical (unpaired) electrons. The van der Waals surface area contributed by atoms with E-state index in [1.54, 1.807) is 0 Å². The third-order valence-electron chi connectivity index (χ3n) is 6.44. The van der Waals surface area contributed by atoms with Crippen molar-refractivity contribution < 1.29 is 9.59 Å². The average Bonchev–Trinajstić information content (AvgIpc) is 3.54. The number of amides is 2.